The number of hydrogen-bond donors (Lipinski definition) is 3. The molecule has 1 heterocycles. The van der Waals surface area contributed by atoms with E-state index in [1.54, 1.807) is 30.0 Å². The number of nitrogens with zero attached hydrogens (tertiary/aromatic N) is 2. The second-order valence-corrected chi connectivity index (χ2v) is 4.86. The number of amides is 3. The van der Waals surface area contributed by atoms with Crippen LogP contribution < -0.4 is 20.7 Å². The molecule has 0 aliphatic carbocycles. The highest BCUT2D eigenvalue weighted by molar-refractivity contribution is 5.99. The van der Waals surface area contributed by atoms with E-state index in [0.29, 0.717) is 17.9 Å². The first-order valence-electron chi connectivity index (χ1n) is 7.01. The summed E-state index contributed by atoms with van der Waals surface area (Å²) in [4.78, 5) is 24.8. The average molecular weight is 292 g/mol. The van der Waals surface area contributed by atoms with Crippen LogP contribution >= 0.6 is 0 Å². The molecule has 1 aliphatic rings. The van der Waals surface area contributed by atoms with Gasteiger partial charge < -0.3 is 10.4 Å². The first kappa shape index (κ1) is 15.0. The van der Waals surface area contributed by atoms with E-state index in [4.69, 9.17) is 5.11 Å². The van der Waals surface area contributed by atoms with Crippen LogP contribution in [0.15, 0.2) is 24.3 Å². The summed E-state index contributed by atoms with van der Waals surface area (Å²) in [7, 11) is 0. The fourth-order valence-electron chi connectivity index (χ4n) is 2.38. The van der Waals surface area contributed by atoms with Gasteiger partial charge in [0.1, 0.15) is 6.17 Å². The summed E-state index contributed by atoms with van der Waals surface area (Å²) in [5.74, 6) is 0. The van der Waals surface area contributed by atoms with E-state index >= 15 is 0 Å². The predicted molar refractivity (Wildman–Crippen MR) is 80.3 cm³/mol. The SMILES string of the molecule is CCCCNC(=O)N1c2ccccc2N(NC(=O)O)C1C. The molecule has 0 bridgehead atoms. The van der Waals surface area contributed by atoms with Crippen molar-refractivity contribution >= 4 is 23.5 Å². The zero-order valence-corrected chi connectivity index (χ0v) is 12.2. The first-order valence-corrected chi connectivity index (χ1v) is 7.01. The highest BCUT2D eigenvalue weighted by atomic mass is 16.4. The van der Waals surface area contributed by atoms with Crippen LogP contribution in [-0.4, -0.2) is 29.9 Å². The molecule has 0 saturated heterocycles. The monoisotopic (exact) mass is 292 g/mol. The number of hydrazine groups is 1. The Hall–Kier alpha value is -2.44. The highest BCUT2D eigenvalue weighted by Gasteiger charge is 2.37. The zero-order valence-electron chi connectivity index (χ0n) is 12.2. The Bertz CT molecular complexity index is 535. The van der Waals surface area contributed by atoms with E-state index < -0.39 is 12.3 Å². The molecule has 3 amide bonds. The lowest BCUT2D eigenvalue weighted by atomic mass is 10.2. The minimum atomic E-state index is -1.16. The maximum Gasteiger partial charge on any atom is 0.423 e. The Labute approximate surface area is 123 Å². The molecular weight excluding hydrogens is 272 g/mol. The quantitative estimate of drug-likeness (QED) is 0.744. The Morgan fingerprint density at radius 2 is 1.95 bits per heavy atom. The molecule has 0 spiro atoms. The number of hydrogen-bond acceptors (Lipinski definition) is 3. The number of rotatable bonds is 4. The van der Waals surface area contributed by atoms with Crippen molar-refractivity contribution in [2.24, 2.45) is 0 Å². The van der Waals surface area contributed by atoms with Crippen molar-refractivity contribution in [1.82, 2.24) is 10.7 Å². The normalized spacial score (nSPS) is 16.6. The van der Waals surface area contributed by atoms with E-state index in [1.807, 2.05) is 6.07 Å². The average Bonchev–Trinajstić information content (AvgIpc) is 2.72. The first-order chi connectivity index (χ1) is 10.1. The number of anilines is 2. The maximum absolute atomic E-state index is 12.3. The van der Waals surface area contributed by atoms with Gasteiger partial charge in [0.05, 0.1) is 11.4 Å². The number of para-hydroxylation sites is 2. The fourth-order valence-corrected chi connectivity index (χ4v) is 2.38. The minimum absolute atomic E-state index is 0.224. The zero-order chi connectivity index (χ0) is 15.4. The molecule has 114 valence electrons. The van der Waals surface area contributed by atoms with E-state index in [2.05, 4.69) is 17.7 Å². The van der Waals surface area contributed by atoms with Crippen LogP contribution in [0.2, 0.25) is 0 Å². The van der Waals surface area contributed by atoms with Crippen LogP contribution in [0.4, 0.5) is 21.0 Å². The Kier molecular flexibility index (Phi) is 4.52. The number of benzene rings is 1. The molecule has 7 nitrogen and oxygen atoms in total. The number of carboxylic acid groups (broad SMARTS) is 1. The van der Waals surface area contributed by atoms with Gasteiger partial charge in [0, 0.05) is 6.54 Å². The van der Waals surface area contributed by atoms with Crippen LogP contribution in [0.5, 0.6) is 0 Å². The summed E-state index contributed by atoms with van der Waals surface area (Å²) in [6.45, 7) is 4.43. The number of carbonyl (C=O) groups is 2. The number of urea groups is 1. The molecule has 21 heavy (non-hydrogen) atoms. The molecule has 2 rings (SSSR count). The van der Waals surface area contributed by atoms with Gasteiger partial charge >= 0.3 is 12.1 Å². The van der Waals surface area contributed by atoms with Gasteiger partial charge in [-0.1, -0.05) is 25.5 Å². The summed E-state index contributed by atoms with van der Waals surface area (Å²) in [5, 5.41) is 13.3. The molecular formula is C14H20N4O3. The predicted octanol–water partition coefficient (Wildman–Crippen LogP) is 2.35. The van der Waals surface area contributed by atoms with E-state index in [0.717, 1.165) is 12.8 Å². The molecule has 1 unspecified atom stereocenters. The van der Waals surface area contributed by atoms with Gasteiger partial charge in [-0.15, -0.1) is 0 Å². The maximum atomic E-state index is 12.3. The van der Waals surface area contributed by atoms with Gasteiger partial charge in [0.2, 0.25) is 0 Å². The molecule has 1 aliphatic heterocycles. The summed E-state index contributed by atoms with van der Waals surface area (Å²) in [5.41, 5.74) is 3.68. The summed E-state index contributed by atoms with van der Waals surface area (Å²) < 4.78 is 0. The van der Waals surface area contributed by atoms with Crippen molar-refractivity contribution in [2.45, 2.75) is 32.9 Å². The molecule has 0 saturated carbocycles. The largest absolute Gasteiger partial charge is 0.464 e. The lowest BCUT2D eigenvalue weighted by molar-refractivity contribution is 0.192. The minimum Gasteiger partial charge on any atom is -0.464 e. The Morgan fingerprint density at radius 3 is 2.57 bits per heavy atom. The van der Waals surface area contributed by atoms with Gasteiger partial charge in [-0.05, 0) is 25.5 Å². The van der Waals surface area contributed by atoms with Gasteiger partial charge in [0.25, 0.3) is 0 Å². The second kappa shape index (κ2) is 6.34. The standard InChI is InChI=1S/C14H20N4O3/c1-3-4-9-15-13(19)17-10(2)18(16-14(20)21)12-8-6-5-7-11(12)17/h5-8,10,16H,3-4,9H2,1-2H3,(H,15,19)(H,20,21). The van der Waals surface area contributed by atoms with Gasteiger partial charge in [-0.2, -0.15) is 0 Å². The van der Waals surface area contributed by atoms with Crippen LogP contribution in [0, 0.1) is 0 Å². The van der Waals surface area contributed by atoms with E-state index in [1.165, 1.54) is 5.01 Å². The van der Waals surface area contributed by atoms with Gasteiger partial charge in [0.15, 0.2) is 0 Å². The topological polar surface area (TPSA) is 84.9 Å². The van der Waals surface area contributed by atoms with Crippen molar-refractivity contribution in [1.29, 1.82) is 0 Å². The van der Waals surface area contributed by atoms with Gasteiger partial charge in [-0.3, -0.25) is 9.91 Å². The molecule has 0 aromatic heterocycles. The summed E-state index contributed by atoms with van der Waals surface area (Å²) in [6, 6.07) is 6.98. The summed E-state index contributed by atoms with van der Waals surface area (Å²) >= 11 is 0. The molecule has 0 fully saturated rings. The van der Waals surface area contributed by atoms with Crippen LogP contribution in [0.3, 0.4) is 0 Å². The summed E-state index contributed by atoms with van der Waals surface area (Å²) in [6.07, 6.45) is 0.316. The fraction of sp³-hybridized carbons (Fsp3) is 0.429. The van der Waals surface area contributed by atoms with E-state index in [-0.39, 0.29) is 6.03 Å². The van der Waals surface area contributed by atoms with Crippen molar-refractivity contribution in [3.63, 3.8) is 0 Å². The third-order valence-corrected chi connectivity index (χ3v) is 3.39. The number of fused-ring (bicyclic) bond motifs is 1. The third-order valence-electron chi connectivity index (χ3n) is 3.39. The molecule has 1 aromatic carbocycles. The lowest BCUT2D eigenvalue weighted by Crippen LogP contribution is -2.54. The van der Waals surface area contributed by atoms with Gasteiger partial charge in [-0.25, -0.2) is 15.0 Å². The van der Waals surface area contributed by atoms with Crippen molar-refractivity contribution in [3.05, 3.63) is 24.3 Å². The van der Waals surface area contributed by atoms with E-state index in [9.17, 15) is 9.59 Å². The van der Waals surface area contributed by atoms with Crippen LogP contribution in [-0.2, 0) is 0 Å². The lowest BCUT2D eigenvalue weighted by Gasteiger charge is -2.27. The third kappa shape index (κ3) is 3.01. The van der Waals surface area contributed by atoms with Crippen LogP contribution in [0.1, 0.15) is 26.7 Å². The molecule has 1 aromatic rings. The molecule has 7 heteroatoms. The number of carbonyl (C=O) groups excluding carboxylic acids is 1. The molecule has 1 atom stereocenters. The van der Waals surface area contributed by atoms with Crippen molar-refractivity contribution in [3.8, 4) is 0 Å². The molecule has 3 N–H and O–H groups in total. The highest BCUT2D eigenvalue weighted by Crippen LogP contribution is 2.37. The second-order valence-electron chi connectivity index (χ2n) is 4.86. The van der Waals surface area contributed by atoms with Crippen LogP contribution in [0.25, 0.3) is 0 Å². The smallest absolute Gasteiger partial charge is 0.423 e. The Balaban J connectivity index is 2.22. The number of unbranched alkanes of at least 4 members (excludes halogenated alkanes) is 1. The Morgan fingerprint density at radius 1 is 1.29 bits per heavy atom. The van der Waals surface area contributed by atoms with Crippen molar-refractivity contribution in [2.75, 3.05) is 16.5 Å². The van der Waals surface area contributed by atoms with Crippen molar-refractivity contribution < 1.29 is 14.7 Å². The molecule has 0 radical (unpaired) electrons. The number of nitrogens with one attached hydrogen (secondary N) is 2.